The maximum atomic E-state index is 12.6. The first kappa shape index (κ1) is 14.7. The van der Waals surface area contributed by atoms with Gasteiger partial charge in [-0.15, -0.1) is 0 Å². The molecule has 2 bridgehead atoms. The Morgan fingerprint density at radius 2 is 1.83 bits per heavy atom. The van der Waals surface area contributed by atoms with Crippen LogP contribution in [0.4, 0.5) is 5.69 Å². The second-order valence-corrected chi connectivity index (χ2v) is 6.27. The van der Waals surface area contributed by atoms with Gasteiger partial charge in [-0.25, -0.2) is 4.98 Å². The minimum atomic E-state index is -0.896. The summed E-state index contributed by atoms with van der Waals surface area (Å²) in [6.45, 7) is 0. The summed E-state index contributed by atoms with van der Waals surface area (Å²) in [7, 11) is 0. The Bertz CT molecular complexity index is 795. The fourth-order valence-corrected chi connectivity index (χ4v) is 3.82. The molecule has 1 fully saturated rings. The molecule has 2 N–H and O–H groups in total. The molecule has 0 saturated heterocycles. The number of carboxylic acid groups (broad SMARTS) is 1. The van der Waals surface area contributed by atoms with E-state index in [0.717, 1.165) is 12.0 Å². The van der Waals surface area contributed by atoms with Gasteiger partial charge in [-0.1, -0.05) is 12.2 Å². The summed E-state index contributed by atoms with van der Waals surface area (Å²) in [5.74, 6) is -1.63. The molecule has 24 heavy (non-hydrogen) atoms. The number of nitrogens with one attached hydrogen (secondary N) is 1. The van der Waals surface area contributed by atoms with Gasteiger partial charge in [0.05, 0.1) is 18.0 Å². The van der Waals surface area contributed by atoms with Crippen molar-refractivity contribution in [2.24, 2.45) is 23.7 Å². The lowest BCUT2D eigenvalue weighted by Gasteiger charge is -2.23. The number of hydrogen-bond donors (Lipinski definition) is 2. The number of fused-ring (bicyclic) bond motifs is 2. The molecule has 1 aromatic carbocycles. The SMILES string of the molecule is O=C(O)C1C2C=CC(C2)C1C(=O)Nc1ccc(-c2cnco2)cc1. The standard InChI is InChI=1S/C18H16N2O4/c21-17(15-11-1-2-12(7-11)16(15)18(22)23)20-13-5-3-10(4-6-13)14-8-19-9-24-14/h1-6,8-9,11-12,15-16H,7H2,(H,20,21)(H,22,23). The summed E-state index contributed by atoms with van der Waals surface area (Å²) < 4.78 is 5.22. The molecule has 4 rings (SSSR count). The predicted octanol–water partition coefficient (Wildman–Crippen LogP) is 2.80. The number of nitrogens with zero attached hydrogens (tertiary/aromatic N) is 1. The monoisotopic (exact) mass is 324 g/mol. The normalized spacial score (nSPS) is 27.3. The Balaban J connectivity index is 1.50. The molecule has 1 amide bonds. The zero-order chi connectivity index (χ0) is 16.7. The van der Waals surface area contributed by atoms with Gasteiger partial charge >= 0.3 is 5.97 Å². The van der Waals surface area contributed by atoms with E-state index in [1.807, 2.05) is 24.3 Å². The molecule has 122 valence electrons. The Hall–Kier alpha value is -2.89. The molecule has 6 nitrogen and oxygen atoms in total. The Labute approximate surface area is 138 Å². The lowest BCUT2D eigenvalue weighted by atomic mass is 9.82. The van der Waals surface area contributed by atoms with Crippen LogP contribution >= 0.6 is 0 Å². The maximum absolute atomic E-state index is 12.6. The molecule has 4 atom stereocenters. The molecule has 0 aliphatic heterocycles. The molecule has 2 aliphatic carbocycles. The first-order valence-corrected chi connectivity index (χ1v) is 7.84. The largest absolute Gasteiger partial charge is 0.481 e. The van der Waals surface area contributed by atoms with E-state index in [1.54, 1.807) is 18.3 Å². The van der Waals surface area contributed by atoms with Crippen molar-refractivity contribution in [1.29, 1.82) is 0 Å². The fourth-order valence-electron chi connectivity index (χ4n) is 3.82. The second kappa shape index (κ2) is 5.63. The summed E-state index contributed by atoms with van der Waals surface area (Å²) in [4.78, 5) is 28.0. The Kier molecular flexibility index (Phi) is 3.45. The number of amides is 1. The van der Waals surface area contributed by atoms with E-state index in [4.69, 9.17) is 4.42 Å². The molecular weight excluding hydrogens is 308 g/mol. The predicted molar refractivity (Wildman–Crippen MR) is 85.9 cm³/mol. The van der Waals surface area contributed by atoms with Gasteiger partial charge in [0.1, 0.15) is 0 Å². The van der Waals surface area contributed by atoms with Gasteiger partial charge in [0.25, 0.3) is 0 Å². The molecule has 2 aliphatic rings. The summed E-state index contributed by atoms with van der Waals surface area (Å²) in [6.07, 6.45) is 7.63. The highest BCUT2D eigenvalue weighted by Gasteiger charge is 2.51. The summed E-state index contributed by atoms with van der Waals surface area (Å²) in [5, 5.41) is 12.3. The van der Waals surface area contributed by atoms with Crippen LogP contribution in [0.3, 0.4) is 0 Å². The highest BCUT2D eigenvalue weighted by molar-refractivity contribution is 5.96. The fraction of sp³-hybridized carbons (Fsp3) is 0.278. The van der Waals surface area contributed by atoms with Crippen molar-refractivity contribution in [3.63, 3.8) is 0 Å². The van der Waals surface area contributed by atoms with Crippen LogP contribution in [0.25, 0.3) is 11.3 Å². The lowest BCUT2D eigenvalue weighted by molar-refractivity contribution is -0.146. The molecule has 4 unspecified atom stereocenters. The molecule has 0 spiro atoms. The zero-order valence-corrected chi connectivity index (χ0v) is 12.8. The first-order chi connectivity index (χ1) is 11.6. The number of hydrogen-bond acceptors (Lipinski definition) is 4. The van der Waals surface area contributed by atoms with Crippen LogP contribution in [0.1, 0.15) is 6.42 Å². The van der Waals surface area contributed by atoms with E-state index >= 15 is 0 Å². The molecule has 1 aromatic heterocycles. The average molecular weight is 324 g/mol. The van der Waals surface area contributed by atoms with Crippen molar-refractivity contribution in [3.05, 3.63) is 49.0 Å². The van der Waals surface area contributed by atoms with Crippen LogP contribution in [-0.2, 0) is 9.59 Å². The van der Waals surface area contributed by atoms with E-state index in [2.05, 4.69) is 10.3 Å². The molecule has 1 saturated carbocycles. The number of carbonyl (C=O) groups excluding carboxylic acids is 1. The minimum absolute atomic E-state index is 0.0181. The van der Waals surface area contributed by atoms with Crippen molar-refractivity contribution in [2.75, 3.05) is 5.32 Å². The van der Waals surface area contributed by atoms with Crippen molar-refractivity contribution in [1.82, 2.24) is 4.98 Å². The van der Waals surface area contributed by atoms with Gasteiger partial charge in [0.2, 0.25) is 5.91 Å². The number of allylic oxidation sites excluding steroid dienone is 2. The number of rotatable bonds is 4. The number of carbonyl (C=O) groups is 2. The molecule has 1 heterocycles. The highest BCUT2D eigenvalue weighted by atomic mass is 16.4. The minimum Gasteiger partial charge on any atom is -0.481 e. The smallest absolute Gasteiger partial charge is 0.307 e. The van der Waals surface area contributed by atoms with Crippen LogP contribution in [-0.4, -0.2) is 22.0 Å². The third-order valence-electron chi connectivity index (χ3n) is 4.92. The van der Waals surface area contributed by atoms with Gasteiger partial charge in [-0.2, -0.15) is 0 Å². The molecule has 0 radical (unpaired) electrons. The quantitative estimate of drug-likeness (QED) is 0.844. The number of oxazole rings is 1. The van der Waals surface area contributed by atoms with E-state index in [1.165, 1.54) is 6.39 Å². The summed E-state index contributed by atoms with van der Waals surface area (Å²) in [6, 6.07) is 7.19. The van der Waals surface area contributed by atoms with Gasteiger partial charge in [0.15, 0.2) is 12.2 Å². The van der Waals surface area contributed by atoms with Crippen LogP contribution in [0.5, 0.6) is 0 Å². The topological polar surface area (TPSA) is 92.4 Å². The van der Waals surface area contributed by atoms with Crippen LogP contribution in [0, 0.1) is 23.7 Å². The third kappa shape index (κ3) is 2.40. The Morgan fingerprint density at radius 1 is 1.12 bits per heavy atom. The lowest BCUT2D eigenvalue weighted by Crippen LogP contribution is -2.36. The summed E-state index contributed by atoms with van der Waals surface area (Å²) in [5.41, 5.74) is 1.50. The van der Waals surface area contributed by atoms with Crippen LogP contribution in [0.15, 0.2) is 53.4 Å². The van der Waals surface area contributed by atoms with E-state index < -0.39 is 17.8 Å². The Morgan fingerprint density at radius 3 is 2.46 bits per heavy atom. The number of carboxylic acids is 1. The second-order valence-electron chi connectivity index (χ2n) is 6.27. The number of anilines is 1. The highest BCUT2D eigenvalue weighted by Crippen LogP contribution is 2.48. The summed E-state index contributed by atoms with van der Waals surface area (Å²) >= 11 is 0. The third-order valence-corrected chi connectivity index (χ3v) is 4.92. The van der Waals surface area contributed by atoms with E-state index in [-0.39, 0.29) is 17.7 Å². The molecule has 2 aromatic rings. The average Bonchev–Trinajstić information content (AvgIpc) is 3.31. The van der Waals surface area contributed by atoms with Crippen LogP contribution < -0.4 is 5.32 Å². The first-order valence-electron chi connectivity index (χ1n) is 7.84. The number of benzene rings is 1. The van der Waals surface area contributed by atoms with Crippen molar-refractivity contribution in [2.45, 2.75) is 6.42 Å². The van der Waals surface area contributed by atoms with E-state index in [9.17, 15) is 14.7 Å². The van der Waals surface area contributed by atoms with Gasteiger partial charge < -0.3 is 14.8 Å². The van der Waals surface area contributed by atoms with Crippen molar-refractivity contribution >= 4 is 17.6 Å². The van der Waals surface area contributed by atoms with Gasteiger partial charge in [-0.3, -0.25) is 9.59 Å². The molecular formula is C18H16N2O4. The number of aliphatic carboxylic acids is 1. The van der Waals surface area contributed by atoms with Crippen molar-refractivity contribution < 1.29 is 19.1 Å². The number of aromatic nitrogens is 1. The van der Waals surface area contributed by atoms with Crippen LogP contribution in [0.2, 0.25) is 0 Å². The van der Waals surface area contributed by atoms with Gasteiger partial charge in [0, 0.05) is 11.3 Å². The zero-order valence-electron chi connectivity index (χ0n) is 12.8. The van der Waals surface area contributed by atoms with Crippen molar-refractivity contribution in [3.8, 4) is 11.3 Å². The van der Waals surface area contributed by atoms with E-state index in [0.29, 0.717) is 11.4 Å². The maximum Gasteiger partial charge on any atom is 0.307 e. The molecule has 6 heteroatoms. The van der Waals surface area contributed by atoms with Gasteiger partial charge in [-0.05, 0) is 42.5 Å².